The highest BCUT2D eigenvalue weighted by atomic mass is 16.6. The van der Waals surface area contributed by atoms with Crippen LogP contribution < -0.4 is 24.8 Å². The van der Waals surface area contributed by atoms with E-state index in [1.54, 1.807) is 19.5 Å². The molecule has 132 valence electrons. The van der Waals surface area contributed by atoms with E-state index < -0.39 is 6.04 Å². The third-order valence-corrected chi connectivity index (χ3v) is 4.41. The van der Waals surface area contributed by atoms with Crippen molar-refractivity contribution in [2.24, 2.45) is 0 Å². The molecule has 0 radical (unpaired) electrons. The predicted molar refractivity (Wildman–Crippen MR) is 88.9 cm³/mol. The molecule has 4 rings (SSSR count). The van der Waals surface area contributed by atoms with Gasteiger partial charge in [-0.25, -0.2) is 4.98 Å². The molecule has 1 atom stereocenters. The first kappa shape index (κ1) is 15.8. The summed E-state index contributed by atoms with van der Waals surface area (Å²) in [5.41, 5.74) is 2.60. The number of methoxy groups -OCH3 is 1. The zero-order chi connectivity index (χ0) is 17.2. The van der Waals surface area contributed by atoms with Gasteiger partial charge in [-0.05, 0) is 6.07 Å². The number of imidazole rings is 1. The molecule has 3 N–H and O–H groups in total. The van der Waals surface area contributed by atoms with Gasteiger partial charge < -0.3 is 29.8 Å². The molecular formula is C17H20N4O4. The molecule has 0 spiro atoms. The zero-order valence-corrected chi connectivity index (χ0v) is 13.9. The molecule has 8 nitrogen and oxygen atoms in total. The Morgan fingerprint density at radius 3 is 2.96 bits per heavy atom. The van der Waals surface area contributed by atoms with Crippen LogP contribution in [0.2, 0.25) is 0 Å². The number of benzene rings is 1. The van der Waals surface area contributed by atoms with Crippen LogP contribution in [-0.2, 0) is 17.8 Å². The molecule has 0 aliphatic carbocycles. The summed E-state index contributed by atoms with van der Waals surface area (Å²) in [6, 6.07) is 3.20. The van der Waals surface area contributed by atoms with Gasteiger partial charge >= 0.3 is 0 Å². The van der Waals surface area contributed by atoms with Crippen molar-refractivity contribution in [1.29, 1.82) is 0 Å². The van der Waals surface area contributed by atoms with E-state index in [9.17, 15) is 4.79 Å². The Labute approximate surface area is 144 Å². The van der Waals surface area contributed by atoms with Crippen LogP contribution in [-0.4, -0.2) is 42.7 Å². The van der Waals surface area contributed by atoms with E-state index in [1.165, 1.54) is 0 Å². The largest absolute Gasteiger partial charge is 0.496 e. The SMILES string of the molecule is COc1cc2c(cc1CNC(=O)[C@@H]1NCCc3[nH]cnc31)OCCO2. The van der Waals surface area contributed by atoms with Gasteiger partial charge in [-0.3, -0.25) is 4.79 Å². The minimum absolute atomic E-state index is 0.120. The van der Waals surface area contributed by atoms with Gasteiger partial charge in [-0.2, -0.15) is 0 Å². The number of carbonyl (C=O) groups is 1. The fraction of sp³-hybridized carbons (Fsp3) is 0.412. The summed E-state index contributed by atoms with van der Waals surface area (Å²) in [7, 11) is 1.59. The van der Waals surface area contributed by atoms with E-state index in [-0.39, 0.29) is 5.91 Å². The molecule has 1 aromatic carbocycles. The summed E-state index contributed by atoms with van der Waals surface area (Å²) < 4.78 is 16.6. The van der Waals surface area contributed by atoms with Crippen LogP contribution in [0.25, 0.3) is 0 Å². The number of fused-ring (bicyclic) bond motifs is 2. The molecule has 0 fully saturated rings. The number of amides is 1. The topological polar surface area (TPSA) is 97.5 Å². The van der Waals surface area contributed by atoms with Crippen molar-refractivity contribution >= 4 is 5.91 Å². The second kappa shape index (κ2) is 6.64. The lowest BCUT2D eigenvalue weighted by Crippen LogP contribution is -2.41. The monoisotopic (exact) mass is 344 g/mol. The fourth-order valence-electron chi connectivity index (χ4n) is 3.16. The highest BCUT2D eigenvalue weighted by Gasteiger charge is 2.28. The maximum Gasteiger partial charge on any atom is 0.243 e. The molecule has 2 aliphatic rings. The van der Waals surface area contributed by atoms with E-state index in [1.807, 2.05) is 6.07 Å². The Bertz CT molecular complexity index is 789. The second-order valence-corrected chi connectivity index (χ2v) is 5.93. The van der Waals surface area contributed by atoms with Gasteiger partial charge in [-0.1, -0.05) is 0 Å². The molecule has 3 heterocycles. The lowest BCUT2D eigenvalue weighted by molar-refractivity contribution is -0.123. The average Bonchev–Trinajstić information content (AvgIpc) is 3.14. The summed E-state index contributed by atoms with van der Waals surface area (Å²) in [6.45, 7) is 2.10. The summed E-state index contributed by atoms with van der Waals surface area (Å²) in [5, 5.41) is 6.15. The van der Waals surface area contributed by atoms with Gasteiger partial charge in [-0.15, -0.1) is 0 Å². The smallest absolute Gasteiger partial charge is 0.243 e. The van der Waals surface area contributed by atoms with Gasteiger partial charge in [0.25, 0.3) is 0 Å². The molecule has 0 bridgehead atoms. The Morgan fingerprint density at radius 2 is 2.16 bits per heavy atom. The number of carbonyl (C=O) groups excluding carboxylic acids is 1. The van der Waals surface area contributed by atoms with Gasteiger partial charge in [0, 0.05) is 36.8 Å². The van der Waals surface area contributed by atoms with Crippen LogP contribution in [0.1, 0.15) is 23.0 Å². The quantitative estimate of drug-likeness (QED) is 0.755. The second-order valence-electron chi connectivity index (χ2n) is 5.93. The van der Waals surface area contributed by atoms with Gasteiger partial charge in [0.1, 0.15) is 25.0 Å². The summed E-state index contributed by atoms with van der Waals surface area (Å²) in [4.78, 5) is 19.9. The molecule has 1 amide bonds. The van der Waals surface area contributed by atoms with Crippen LogP contribution >= 0.6 is 0 Å². The van der Waals surface area contributed by atoms with Gasteiger partial charge in [0.05, 0.1) is 19.1 Å². The third kappa shape index (κ3) is 3.00. The number of ether oxygens (including phenoxy) is 3. The number of nitrogens with zero attached hydrogens (tertiary/aromatic N) is 1. The highest BCUT2D eigenvalue weighted by molar-refractivity contribution is 5.83. The van der Waals surface area contributed by atoms with Crippen molar-refractivity contribution in [3.8, 4) is 17.2 Å². The Kier molecular flexibility index (Phi) is 4.19. The fourth-order valence-corrected chi connectivity index (χ4v) is 3.16. The number of H-pyrrole nitrogens is 1. The summed E-state index contributed by atoms with van der Waals surface area (Å²) in [6.07, 6.45) is 2.47. The normalized spacial score (nSPS) is 18.4. The molecule has 0 saturated carbocycles. The number of hydrogen-bond donors (Lipinski definition) is 3. The predicted octanol–water partition coefficient (Wildman–Crippen LogP) is 0.693. The molecular weight excluding hydrogens is 324 g/mol. The van der Waals surface area contributed by atoms with Crippen LogP contribution in [0.15, 0.2) is 18.5 Å². The molecule has 0 saturated heterocycles. The Morgan fingerprint density at radius 1 is 1.36 bits per heavy atom. The standard InChI is InChI=1S/C17H20N4O4/c1-23-12-7-14-13(24-4-5-25-14)6-10(12)8-19-17(22)16-15-11(2-3-18-16)20-9-21-15/h6-7,9,16,18H,2-5,8H2,1H3,(H,19,22)(H,20,21)/t16-/m1/s1. The van der Waals surface area contributed by atoms with E-state index >= 15 is 0 Å². The minimum atomic E-state index is -0.446. The van der Waals surface area contributed by atoms with Crippen molar-refractivity contribution < 1.29 is 19.0 Å². The zero-order valence-electron chi connectivity index (χ0n) is 13.9. The van der Waals surface area contributed by atoms with Crippen molar-refractivity contribution in [3.05, 3.63) is 35.4 Å². The lowest BCUT2D eigenvalue weighted by atomic mass is 10.0. The number of hydrogen-bond acceptors (Lipinski definition) is 6. The Balaban J connectivity index is 1.49. The van der Waals surface area contributed by atoms with Crippen molar-refractivity contribution in [3.63, 3.8) is 0 Å². The molecule has 0 unspecified atom stereocenters. The van der Waals surface area contributed by atoms with E-state index in [0.717, 1.165) is 29.9 Å². The first-order valence-corrected chi connectivity index (χ1v) is 8.26. The first-order chi connectivity index (χ1) is 12.3. The first-order valence-electron chi connectivity index (χ1n) is 8.26. The van der Waals surface area contributed by atoms with E-state index in [0.29, 0.717) is 37.0 Å². The molecule has 2 aliphatic heterocycles. The number of aromatic nitrogens is 2. The number of aromatic amines is 1. The number of rotatable bonds is 4. The molecule has 25 heavy (non-hydrogen) atoms. The van der Waals surface area contributed by atoms with Crippen molar-refractivity contribution in [1.82, 2.24) is 20.6 Å². The minimum Gasteiger partial charge on any atom is -0.496 e. The maximum atomic E-state index is 12.6. The summed E-state index contributed by atoms with van der Waals surface area (Å²) in [5.74, 6) is 1.86. The van der Waals surface area contributed by atoms with Crippen molar-refractivity contribution in [2.75, 3.05) is 26.9 Å². The number of nitrogens with one attached hydrogen (secondary N) is 3. The lowest BCUT2D eigenvalue weighted by Gasteiger charge is -2.23. The highest BCUT2D eigenvalue weighted by Crippen LogP contribution is 2.36. The summed E-state index contributed by atoms with van der Waals surface area (Å²) >= 11 is 0. The van der Waals surface area contributed by atoms with E-state index in [2.05, 4.69) is 20.6 Å². The maximum absolute atomic E-state index is 12.6. The molecule has 2 aromatic rings. The Hall–Kier alpha value is -2.74. The van der Waals surface area contributed by atoms with Gasteiger partial charge in [0.2, 0.25) is 5.91 Å². The third-order valence-electron chi connectivity index (χ3n) is 4.41. The van der Waals surface area contributed by atoms with Crippen LogP contribution in [0.5, 0.6) is 17.2 Å². The van der Waals surface area contributed by atoms with Gasteiger partial charge in [0.15, 0.2) is 11.5 Å². The van der Waals surface area contributed by atoms with Crippen LogP contribution in [0.4, 0.5) is 0 Å². The van der Waals surface area contributed by atoms with Crippen LogP contribution in [0, 0.1) is 0 Å². The molecule has 8 heteroatoms. The molecule has 1 aromatic heterocycles. The van der Waals surface area contributed by atoms with E-state index in [4.69, 9.17) is 14.2 Å². The van der Waals surface area contributed by atoms with Crippen LogP contribution in [0.3, 0.4) is 0 Å². The van der Waals surface area contributed by atoms with Crippen molar-refractivity contribution in [2.45, 2.75) is 19.0 Å². The average molecular weight is 344 g/mol.